The number of amides is 2. The van der Waals surface area contributed by atoms with E-state index in [0.717, 1.165) is 17.7 Å². The Morgan fingerprint density at radius 1 is 1.10 bits per heavy atom. The van der Waals surface area contributed by atoms with Crippen molar-refractivity contribution >= 4 is 49.5 Å². The molecule has 1 atom stereocenters. The summed E-state index contributed by atoms with van der Waals surface area (Å²) in [6.45, 7) is 7.79. The number of nitrogens with one attached hydrogen (secondary N) is 1. The molecule has 218 valence electrons. The van der Waals surface area contributed by atoms with Crippen molar-refractivity contribution in [3.05, 3.63) is 64.5 Å². The number of nitrogens with zero attached hydrogens (tertiary/aromatic N) is 1. The van der Waals surface area contributed by atoms with Gasteiger partial charge >= 0.3 is 12.3 Å². The van der Waals surface area contributed by atoms with E-state index in [9.17, 15) is 27.2 Å². The summed E-state index contributed by atoms with van der Waals surface area (Å²) in [5.74, 6) is -0.949. The van der Waals surface area contributed by atoms with E-state index in [1.54, 1.807) is 44.7 Å². The van der Waals surface area contributed by atoms with Crippen molar-refractivity contribution in [2.45, 2.75) is 67.1 Å². The molecule has 0 aromatic heterocycles. The van der Waals surface area contributed by atoms with Gasteiger partial charge in [-0.05, 0) is 70.4 Å². The first-order valence-electron chi connectivity index (χ1n) is 12.7. The number of rotatable bonds is 5. The molecule has 2 aromatic rings. The Balaban J connectivity index is 1.62. The molecule has 1 fully saturated rings. The predicted octanol–water partition coefficient (Wildman–Crippen LogP) is 7.79. The van der Waals surface area contributed by atoms with Gasteiger partial charge in [-0.15, -0.1) is 0 Å². The minimum absolute atomic E-state index is 0.0920. The lowest BCUT2D eigenvalue weighted by Crippen LogP contribution is -2.48. The van der Waals surface area contributed by atoms with Crippen LogP contribution in [-0.2, 0) is 29.1 Å². The van der Waals surface area contributed by atoms with Gasteiger partial charge in [0.2, 0.25) is 0 Å². The Hall–Kier alpha value is -2.18. The molecule has 2 aromatic carbocycles. The van der Waals surface area contributed by atoms with Crippen LogP contribution in [0.2, 0.25) is 0 Å². The summed E-state index contributed by atoms with van der Waals surface area (Å²) >= 11 is 6.39. The summed E-state index contributed by atoms with van der Waals surface area (Å²) in [7, 11) is 0. The lowest BCUT2D eigenvalue weighted by molar-refractivity contribution is -0.137. The van der Waals surface area contributed by atoms with E-state index < -0.39 is 49.9 Å². The van der Waals surface area contributed by atoms with Gasteiger partial charge in [-0.2, -0.15) is 13.2 Å². The number of alkyl halides is 5. The summed E-state index contributed by atoms with van der Waals surface area (Å²) < 4.78 is 65.4. The highest BCUT2D eigenvalue weighted by atomic mass is 79.9. The first-order valence-corrected chi connectivity index (χ1v) is 14.3. The van der Waals surface area contributed by atoms with Crippen molar-refractivity contribution in [1.29, 1.82) is 0 Å². The number of carbonyl (C=O) groups excluding carboxylic acids is 2. The molecule has 12 heteroatoms. The number of ether oxygens (including phenoxy) is 2. The Morgan fingerprint density at radius 2 is 1.70 bits per heavy atom. The van der Waals surface area contributed by atoms with Crippen LogP contribution in [0.25, 0.3) is 0 Å². The molecule has 1 saturated heterocycles. The minimum atomic E-state index is -4.64. The smallest absolute Gasteiger partial charge is 0.416 e. The number of carbonyl (C=O) groups is 2. The number of anilines is 1. The molecule has 2 aliphatic heterocycles. The number of hydrogen-bond acceptors (Lipinski definition) is 4. The van der Waals surface area contributed by atoms with Crippen LogP contribution in [0.5, 0.6) is 0 Å². The molecule has 0 aliphatic carbocycles. The van der Waals surface area contributed by atoms with Gasteiger partial charge in [0.25, 0.3) is 5.91 Å². The number of likely N-dealkylation sites (tertiary alicyclic amines) is 1. The first kappa shape index (κ1) is 30.8. The van der Waals surface area contributed by atoms with Gasteiger partial charge in [0.15, 0.2) is 3.23 Å². The van der Waals surface area contributed by atoms with Crippen LogP contribution in [0.1, 0.15) is 68.9 Å². The molecule has 6 nitrogen and oxygen atoms in total. The molecule has 0 radical (unpaired) electrons. The summed E-state index contributed by atoms with van der Waals surface area (Å²) in [5.41, 5.74) is -0.860. The second-order valence-electron chi connectivity index (χ2n) is 11.2. The summed E-state index contributed by atoms with van der Waals surface area (Å²) in [5, 5.41) is 2.66. The fourth-order valence-corrected chi connectivity index (χ4v) is 5.81. The Bertz CT molecular complexity index is 1280. The zero-order chi connectivity index (χ0) is 29.7. The van der Waals surface area contributed by atoms with Crippen LogP contribution < -0.4 is 5.32 Å². The zero-order valence-electron chi connectivity index (χ0n) is 22.4. The van der Waals surface area contributed by atoms with Gasteiger partial charge in [-0.3, -0.25) is 4.79 Å². The molecule has 4 rings (SSSR count). The van der Waals surface area contributed by atoms with Crippen molar-refractivity contribution in [2.75, 3.05) is 25.0 Å². The lowest BCUT2D eigenvalue weighted by Gasteiger charge is -2.42. The summed E-state index contributed by atoms with van der Waals surface area (Å²) in [6.07, 6.45) is -4.99. The van der Waals surface area contributed by atoms with Gasteiger partial charge in [-0.25, -0.2) is 9.18 Å². The maximum Gasteiger partial charge on any atom is 0.416 e. The van der Waals surface area contributed by atoms with Gasteiger partial charge in [-0.1, -0.05) is 44.0 Å². The largest absolute Gasteiger partial charge is 0.444 e. The third-order valence-electron chi connectivity index (χ3n) is 7.23. The summed E-state index contributed by atoms with van der Waals surface area (Å²) in [6, 6.07) is 7.95. The number of fused-ring (bicyclic) bond motifs is 1. The molecule has 1 unspecified atom stereocenters. The SMILES string of the molecule is CC(OCC1(c2ccc(F)cc2)CCN(C(=O)OC(C)(C)C)CC1)c1cc(C(F)(F)F)cc2c1NC(=O)C2(Br)Br. The van der Waals surface area contributed by atoms with Crippen molar-refractivity contribution in [2.24, 2.45) is 0 Å². The van der Waals surface area contributed by atoms with E-state index in [0.29, 0.717) is 25.9 Å². The third kappa shape index (κ3) is 6.33. The van der Waals surface area contributed by atoms with Crippen LogP contribution in [-0.4, -0.2) is 42.2 Å². The molecule has 2 amide bonds. The van der Waals surface area contributed by atoms with Crippen LogP contribution in [0.15, 0.2) is 36.4 Å². The molecule has 0 bridgehead atoms. The van der Waals surface area contributed by atoms with E-state index in [-0.39, 0.29) is 23.4 Å². The van der Waals surface area contributed by atoms with E-state index in [2.05, 4.69) is 37.2 Å². The normalized spacial score (nSPS) is 19.1. The molecule has 2 heterocycles. The van der Waals surface area contributed by atoms with E-state index in [1.165, 1.54) is 12.1 Å². The van der Waals surface area contributed by atoms with Crippen LogP contribution in [0, 0.1) is 5.82 Å². The molecular formula is C28H30Br2F4N2O4. The Morgan fingerprint density at radius 3 is 2.25 bits per heavy atom. The second-order valence-corrected chi connectivity index (χ2v) is 14.7. The number of halogens is 6. The summed E-state index contributed by atoms with van der Waals surface area (Å²) in [4.78, 5) is 26.8. The average Bonchev–Trinajstić information content (AvgIpc) is 3.09. The van der Waals surface area contributed by atoms with Crippen molar-refractivity contribution in [3.8, 4) is 0 Å². The molecule has 1 N–H and O–H groups in total. The highest BCUT2D eigenvalue weighted by molar-refractivity contribution is 9.25. The maximum absolute atomic E-state index is 13.8. The standard InChI is InChI=1S/C28H30Br2F4N2O4/c1-16(20-13-18(28(32,33)34)14-21-22(20)35-23(37)27(21,29)30)39-15-26(17-5-7-19(31)8-6-17)9-11-36(12-10-26)24(38)40-25(2,3)4/h5-8,13-14,16H,9-12,15H2,1-4H3,(H,35,37). The van der Waals surface area contributed by atoms with E-state index in [4.69, 9.17) is 9.47 Å². The highest BCUT2D eigenvalue weighted by Gasteiger charge is 2.47. The number of benzene rings is 2. The van der Waals surface area contributed by atoms with E-state index in [1.807, 2.05) is 0 Å². The fraction of sp³-hybridized carbons (Fsp3) is 0.500. The van der Waals surface area contributed by atoms with Crippen molar-refractivity contribution < 1.29 is 36.6 Å². The predicted molar refractivity (Wildman–Crippen MR) is 149 cm³/mol. The maximum atomic E-state index is 13.8. The molecule has 2 aliphatic rings. The highest BCUT2D eigenvalue weighted by Crippen LogP contribution is 2.52. The molecule has 40 heavy (non-hydrogen) atoms. The topological polar surface area (TPSA) is 67.9 Å². The van der Waals surface area contributed by atoms with Gasteiger partial charge < -0.3 is 19.7 Å². The molecule has 0 saturated carbocycles. The number of piperidine rings is 1. The minimum Gasteiger partial charge on any atom is -0.444 e. The van der Waals surface area contributed by atoms with Crippen LogP contribution in [0.4, 0.5) is 28.0 Å². The fourth-order valence-electron chi connectivity index (χ4n) is 4.99. The zero-order valence-corrected chi connectivity index (χ0v) is 25.6. The van der Waals surface area contributed by atoms with Gasteiger partial charge in [0.05, 0.1) is 24.0 Å². The van der Waals surface area contributed by atoms with Crippen molar-refractivity contribution in [1.82, 2.24) is 4.90 Å². The van der Waals surface area contributed by atoms with E-state index >= 15 is 0 Å². The quantitative estimate of drug-likeness (QED) is 0.257. The number of hydrogen-bond donors (Lipinski definition) is 1. The van der Waals surface area contributed by atoms with Crippen LogP contribution in [0.3, 0.4) is 0 Å². The Kier molecular flexibility index (Phi) is 8.39. The third-order valence-corrected chi connectivity index (χ3v) is 8.81. The second kappa shape index (κ2) is 10.9. The first-order chi connectivity index (χ1) is 18.4. The van der Waals surface area contributed by atoms with Gasteiger partial charge in [0, 0.05) is 29.6 Å². The van der Waals surface area contributed by atoms with Crippen molar-refractivity contribution in [3.63, 3.8) is 0 Å². The average molecular weight is 694 g/mol. The monoisotopic (exact) mass is 692 g/mol. The Labute approximate surface area is 247 Å². The van der Waals surface area contributed by atoms with Crippen LogP contribution >= 0.6 is 31.9 Å². The molecular weight excluding hydrogens is 664 g/mol. The van der Waals surface area contributed by atoms with Gasteiger partial charge in [0.1, 0.15) is 11.4 Å². The molecule has 0 spiro atoms. The lowest BCUT2D eigenvalue weighted by atomic mass is 9.73.